The second-order valence-corrected chi connectivity index (χ2v) is 8.44. The maximum atomic E-state index is 6.26. The van der Waals surface area contributed by atoms with E-state index in [1.807, 2.05) is 6.07 Å². The topological polar surface area (TPSA) is 76.4 Å². The lowest BCUT2D eigenvalue weighted by Gasteiger charge is -2.28. The van der Waals surface area contributed by atoms with Gasteiger partial charge in [0.05, 0.1) is 18.9 Å². The van der Waals surface area contributed by atoms with Crippen molar-refractivity contribution < 1.29 is 9.47 Å². The standard InChI is InChI=1S/C24H22Cl2N4O2/c25-19-2-1-3-20(26)18(19)14-32-23-11-16(12-29-24(23)27)15-4-5-21-17(10-15)22(13-28-21)30-6-8-31-9-7-30/h1-5,10-13,28H,6-9,14H2,(H2,27,29). The van der Waals surface area contributed by atoms with Gasteiger partial charge in [-0.05, 0) is 35.9 Å². The Hall–Kier alpha value is -2.93. The third-order valence-electron chi connectivity index (χ3n) is 5.66. The molecule has 1 saturated heterocycles. The van der Waals surface area contributed by atoms with E-state index < -0.39 is 0 Å². The molecule has 2 aromatic carbocycles. The highest BCUT2D eigenvalue weighted by Gasteiger charge is 2.16. The molecule has 0 amide bonds. The molecule has 4 aromatic rings. The highest BCUT2D eigenvalue weighted by atomic mass is 35.5. The summed E-state index contributed by atoms with van der Waals surface area (Å²) in [6.07, 6.45) is 3.82. The summed E-state index contributed by atoms with van der Waals surface area (Å²) in [5.74, 6) is 0.801. The molecule has 1 aliphatic heterocycles. The first-order chi connectivity index (χ1) is 15.6. The molecule has 32 heavy (non-hydrogen) atoms. The number of rotatable bonds is 5. The highest BCUT2D eigenvalue weighted by Crippen LogP contribution is 2.34. The number of aromatic nitrogens is 2. The minimum absolute atomic E-state index is 0.200. The normalized spacial score (nSPS) is 14.1. The number of nitrogen functional groups attached to an aromatic ring is 1. The van der Waals surface area contributed by atoms with Gasteiger partial charge in [0.1, 0.15) is 6.61 Å². The maximum Gasteiger partial charge on any atom is 0.166 e. The Morgan fingerprint density at radius 2 is 1.84 bits per heavy atom. The number of halogens is 2. The number of ether oxygens (including phenoxy) is 2. The van der Waals surface area contributed by atoms with Crippen molar-refractivity contribution in [3.05, 3.63) is 70.5 Å². The molecule has 0 radical (unpaired) electrons. The summed E-state index contributed by atoms with van der Waals surface area (Å²) in [4.78, 5) is 10.1. The number of anilines is 2. The van der Waals surface area contributed by atoms with E-state index in [2.05, 4.69) is 39.3 Å². The lowest BCUT2D eigenvalue weighted by Crippen LogP contribution is -2.36. The number of aromatic amines is 1. The highest BCUT2D eigenvalue weighted by molar-refractivity contribution is 6.35. The Balaban J connectivity index is 1.44. The van der Waals surface area contributed by atoms with Crippen molar-refractivity contribution >= 4 is 45.6 Å². The second-order valence-electron chi connectivity index (χ2n) is 7.63. The number of fused-ring (bicyclic) bond motifs is 1. The largest absolute Gasteiger partial charge is 0.485 e. The molecular formula is C24H22Cl2N4O2. The number of nitrogens with two attached hydrogens (primary N) is 1. The van der Waals surface area contributed by atoms with Gasteiger partial charge in [-0.2, -0.15) is 0 Å². The molecule has 0 saturated carbocycles. The average Bonchev–Trinajstić information content (AvgIpc) is 3.24. The molecule has 0 atom stereocenters. The van der Waals surface area contributed by atoms with Crippen molar-refractivity contribution in [2.24, 2.45) is 0 Å². The fourth-order valence-corrected chi connectivity index (χ4v) is 4.41. The van der Waals surface area contributed by atoms with Gasteiger partial charge in [-0.25, -0.2) is 4.98 Å². The van der Waals surface area contributed by atoms with Gasteiger partial charge in [0.15, 0.2) is 11.6 Å². The molecular weight excluding hydrogens is 447 g/mol. The number of nitrogens with zero attached hydrogens (tertiary/aromatic N) is 2. The molecule has 8 heteroatoms. The zero-order valence-corrected chi connectivity index (χ0v) is 18.8. The van der Waals surface area contributed by atoms with E-state index in [-0.39, 0.29) is 6.61 Å². The number of hydrogen-bond acceptors (Lipinski definition) is 5. The Labute approximate surface area is 195 Å². The number of morpholine rings is 1. The first-order valence-electron chi connectivity index (χ1n) is 10.4. The molecule has 3 heterocycles. The van der Waals surface area contributed by atoms with Gasteiger partial charge in [0, 0.05) is 57.6 Å². The van der Waals surface area contributed by atoms with Crippen LogP contribution in [-0.2, 0) is 11.3 Å². The van der Waals surface area contributed by atoms with Crippen LogP contribution in [0.15, 0.2) is 54.9 Å². The van der Waals surface area contributed by atoms with Crippen LogP contribution in [0.2, 0.25) is 10.0 Å². The zero-order valence-electron chi connectivity index (χ0n) is 17.3. The zero-order chi connectivity index (χ0) is 22.1. The van der Waals surface area contributed by atoms with Crippen LogP contribution in [0.5, 0.6) is 5.75 Å². The Morgan fingerprint density at radius 3 is 2.62 bits per heavy atom. The molecule has 0 bridgehead atoms. The summed E-state index contributed by atoms with van der Waals surface area (Å²) in [5.41, 5.74) is 11.0. The molecule has 0 unspecified atom stereocenters. The maximum absolute atomic E-state index is 6.26. The summed E-state index contributed by atoms with van der Waals surface area (Å²) in [5, 5.41) is 2.26. The monoisotopic (exact) mass is 468 g/mol. The van der Waals surface area contributed by atoms with E-state index in [9.17, 15) is 0 Å². The first-order valence-corrected chi connectivity index (χ1v) is 11.1. The molecule has 0 spiro atoms. The minimum Gasteiger partial charge on any atom is -0.485 e. The lowest BCUT2D eigenvalue weighted by atomic mass is 10.0. The number of pyridine rings is 1. The quantitative estimate of drug-likeness (QED) is 0.402. The number of hydrogen-bond donors (Lipinski definition) is 2. The summed E-state index contributed by atoms with van der Waals surface area (Å²) in [6, 6.07) is 13.6. The number of nitrogens with one attached hydrogen (secondary N) is 1. The third-order valence-corrected chi connectivity index (χ3v) is 6.37. The van der Waals surface area contributed by atoms with Crippen LogP contribution < -0.4 is 15.4 Å². The van der Waals surface area contributed by atoms with Crippen LogP contribution in [-0.4, -0.2) is 36.3 Å². The molecule has 3 N–H and O–H groups in total. The molecule has 5 rings (SSSR count). The number of H-pyrrole nitrogens is 1. The number of benzene rings is 2. The molecule has 6 nitrogen and oxygen atoms in total. The van der Waals surface area contributed by atoms with Crippen LogP contribution in [0.3, 0.4) is 0 Å². The molecule has 1 fully saturated rings. The molecule has 2 aromatic heterocycles. The van der Waals surface area contributed by atoms with Crippen LogP contribution >= 0.6 is 23.2 Å². The predicted molar refractivity (Wildman–Crippen MR) is 130 cm³/mol. The predicted octanol–water partition coefficient (Wildman–Crippen LogP) is 5.53. The van der Waals surface area contributed by atoms with Crippen LogP contribution in [0.4, 0.5) is 11.5 Å². The van der Waals surface area contributed by atoms with E-state index in [0.717, 1.165) is 48.3 Å². The van der Waals surface area contributed by atoms with E-state index in [1.165, 1.54) is 5.69 Å². The summed E-state index contributed by atoms with van der Waals surface area (Å²) in [7, 11) is 0. The molecule has 1 aliphatic rings. The average molecular weight is 469 g/mol. The minimum atomic E-state index is 0.200. The van der Waals surface area contributed by atoms with Gasteiger partial charge >= 0.3 is 0 Å². The lowest BCUT2D eigenvalue weighted by molar-refractivity contribution is 0.123. The fraction of sp³-hybridized carbons (Fsp3) is 0.208. The van der Waals surface area contributed by atoms with Gasteiger partial charge in [-0.1, -0.05) is 35.3 Å². The Kier molecular flexibility index (Phi) is 5.83. The first kappa shape index (κ1) is 20.9. The van der Waals surface area contributed by atoms with Gasteiger partial charge in [-0.3, -0.25) is 0 Å². The Bertz CT molecular complexity index is 1250. The second kappa shape index (κ2) is 8.90. The van der Waals surface area contributed by atoms with Gasteiger partial charge < -0.3 is 25.1 Å². The summed E-state index contributed by atoms with van der Waals surface area (Å²) < 4.78 is 11.4. The van der Waals surface area contributed by atoms with E-state index in [0.29, 0.717) is 27.2 Å². The smallest absolute Gasteiger partial charge is 0.166 e. The third kappa shape index (κ3) is 4.09. The summed E-state index contributed by atoms with van der Waals surface area (Å²) >= 11 is 12.5. The van der Waals surface area contributed by atoms with Crippen molar-refractivity contribution in [3.8, 4) is 16.9 Å². The van der Waals surface area contributed by atoms with Crippen LogP contribution in [0.25, 0.3) is 22.0 Å². The van der Waals surface area contributed by atoms with Crippen LogP contribution in [0.1, 0.15) is 5.56 Å². The van der Waals surface area contributed by atoms with Crippen molar-refractivity contribution in [3.63, 3.8) is 0 Å². The Morgan fingerprint density at radius 1 is 1.06 bits per heavy atom. The molecule has 0 aliphatic carbocycles. The van der Waals surface area contributed by atoms with Crippen molar-refractivity contribution in [1.29, 1.82) is 0 Å². The molecule has 164 valence electrons. The van der Waals surface area contributed by atoms with Gasteiger partial charge in [-0.15, -0.1) is 0 Å². The van der Waals surface area contributed by atoms with Crippen molar-refractivity contribution in [1.82, 2.24) is 9.97 Å². The van der Waals surface area contributed by atoms with Crippen molar-refractivity contribution in [2.45, 2.75) is 6.61 Å². The fourth-order valence-electron chi connectivity index (χ4n) is 3.90. The van der Waals surface area contributed by atoms with Crippen LogP contribution in [0, 0.1) is 0 Å². The SMILES string of the molecule is Nc1ncc(-c2ccc3[nH]cc(N4CCOCC4)c3c2)cc1OCc1c(Cl)cccc1Cl. The van der Waals surface area contributed by atoms with E-state index >= 15 is 0 Å². The summed E-state index contributed by atoms with van der Waals surface area (Å²) in [6.45, 7) is 3.44. The van der Waals surface area contributed by atoms with Crippen molar-refractivity contribution in [2.75, 3.05) is 36.9 Å². The van der Waals surface area contributed by atoms with E-state index in [4.69, 9.17) is 38.4 Å². The van der Waals surface area contributed by atoms with Gasteiger partial charge in [0.25, 0.3) is 0 Å². The van der Waals surface area contributed by atoms with Gasteiger partial charge in [0.2, 0.25) is 0 Å². The van der Waals surface area contributed by atoms with E-state index in [1.54, 1.807) is 24.4 Å².